The van der Waals surface area contributed by atoms with Crippen LogP contribution >= 0.6 is 0 Å². The molecular formula is C27H38O9. The van der Waals surface area contributed by atoms with Crippen LogP contribution in [0, 0.1) is 34.5 Å². The van der Waals surface area contributed by atoms with Crippen molar-refractivity contribution in [1.82, 2.24) is 0 Å². The van der Waals surface area contributed by atoms with Gasteiger partial charge in [-0.2, -0.15) is 0 Å². The number of rotatable bonds is 2. The van der Waals surface area contributed by atoms with E-state index in [1.165, 1.54) is 13.8 Å². The highest BCUT2D eigenvalue weighted by molar-refractivity contribution is 5.83. The van der Waals surface area contributed by atoms with E-state index in [4.69, 9.17) is 28.4 Å². The van der Waals surface area contributed by atoms with Gasteiger partial charge < -0.3 is 28.4 Å². The highest BCUT2D eigenvalue weighted by Gasteiger charge is 2.77. The second-order valence-electron chi connectivity index (χ2n) is 12.4. The van der Waals surface area contributed by atoms with E-state index in [2.05, 4.69) is 13.8 Å². The predicted molar refractivity (Wildman–Crippen MR) is 123 cm³/mol. The maximum atomic E-state index is 13.8. The van der Waals surface area contributed by atoms with Crippen molar-refractivity contribution in [2.45, 2.75) is 96.2 Å². The topological polar surface area (TPSA) is 107 Å². The number of Topliss-reactive ketones (excluding diaryl/α,β-unsaturated/α-hetero) is 1. The fourth-order valence-corrected chi connectivity index (χ4v) is 9.74. The van der Waals surface area contributed by atoms with E-state index in [0.717, 1.165) is 19.3 Å². The van der Waals surface area contributed by atoms with Gasteiger partial charge in [-0.3, -0.25) is 14.4 Å². The summed E-state index contributed by atoms with van der Waals surface area (Å²) in [6, 6.07) is 0. The van der Waals surface area contributed by atoms with Crippen LogP contribution in [-0.4, -0.2) is 61.5 Å². The first-order chi connectivity index (χ1) is 17.1. The molecule has 4 saturated carbocycles. The molecule has 10 atom stereocenters. The van der Waals surface area contributed by atoms with Crippen molar-refractivity contribution in [2.24, 2.45) is 34.5 Å². The fraction of sp³-hybridized carbons (Fsp3) is 0.889. The van der Waals surface area contributed by atoms with Gasteiger partial charge in [0.25, 0.3) is 0 Å². The molecule has 0 bridgehead atoms. The van der Waals surface area contributed by atoms with Crippen LogP contribution in [0.2, 0.25) is 0 Å². The lowest BCUT2D eigenvalue weighted by molar-refractivity contribution is -0.262. The lowest BCUT2D eigenvalue weighted by atomic mass is 9.43. The van der Waals surface area contributed by atoms with Crippen molar-refractivity contribution in [3.8, 4) is 0 Å². The third kappa shape index (κ3) is 3.18. The van der Waals surface area contributed by atoms with Gasteiger partial charge in [0, 0.05) is 37.5 Å². The molecule has 9 nitrogen and oxygen atoms in total. The van der Waals surface area contributed by atoms with Crippen molar-refractivity contribution in [2.75, 3.05) is 20.2 Å². The Morgan fingerprint density at radius 2 is 1.72 bits per heavy atom. The smallest absolute Gasteiger partial charge is 0.302 e. The zero-order valence-corrected chi connectivity index (χ0v) is 21.7. The average molecular weight is 507 g/mol. The Labute approximate surface area is 211 Å². The van der Waals surface area contributed by atoms with Crippen molar-refractivity contribution < 1.29 is 42.8 Å². The molecule has 0 radical (unpaired) electrons. The second-order valence-corrected chi connectivity index (χ2v) is 12.4. The van der Waals surface area contributed by atoms with Crippen molar-refractivity contribution >= 4 is 17.7 Å². The molecule has 2 heterocycles. The molecule has 0 amide bonds. The molecule has 6 fully saturated rings. The van der Waals surface area contributed by atoms with Gasteiger partial charge in [0.05, 0.1) is 0 Å². The van der Waals surface area contributed by atoms with E-state index < -0.39 is 16.8 Å². The first kappa shape index (κ1) is 24.8. The van der Waals surface area contributed by atoms with E-state index in [-0.39, 0.29) is 72.6 Å². The number of ketones is 1. The Morgan fingerprint density at radius 3 is 2.42 bits per heavy atom. The van der Waals surface area contributed by atoms with E-state index in [1.54, 1.807) is 0 Å². The molecular weight excluding hydrogens is 468 g/mol. The van der Waals surface area contributed by atoms with Crippen LogP contribution in [0.25, 0.3) is 0 Å². The Bertz CT molecular complexity index is 953. The molecule has 6 aliphatic rings. The quantitative estimate of drug-likeness (QED) is 0.522. The first-order valence-corrected chi connectivity index (χ1v) is 13.4. The molecule has 0 aromatic heterocycles. The van der Waals surface area contributed by atoms with Gasteiger partial charge in [0.15, 0.2) is 13.6 Å². The molecule has 9 heteroatoms. The van der Waals surface area contributed by atoms with Gasteiger partial charge in [-0.1, -0.05) is 13.8 Å². The van der Waals surface area contributed by atoms with Crippen LogP contribution in [0.1, 0.15) is 72.6 Å². The Kier molecular flexibility index (Phi) is 5.66. The highest BCUT2D eigenvalue weighted by atomic mass is 16.9. The third-order valence-corrected chi connectivity index (χ3v) is 11.0. The zero-order valence-electron chi connectivity index (χ0n) is 21.7. The van der Waals surface area contributed by atoms with Crippen LogP contribution in [0.4, 0.5) is 0 Å². The number of esters is 2. The maximum Gasteiger partial charge on any atom is 0.302 e. The molecule has 1 unspecified atom stereocenters. The molecule has 2 spiro atoms. The summed E-state index contributed by atoms with van der Waals surface area (Å²) in [6.07, 6.45) is 4.14. The summed E-state index contributed by atoms with van der Waals surface area (Å²) in [7, 11) is 0. The Morgan fingerprint density at radius 1 is 0.972 bits per heavy atom. The lowest BCUT2D eigenvalue weighted by Crippen LogP contribution is -2.68. The minimum atomic E-state index is -0.975. The van der Waals surface area contributed by atoms with Crippen LogP contribution in [0.15, 0.2) is 0 Å². The Hall–Kier alpha value is -1.55. The number of carbonyl (C=O) groups is 3. The van der Waals surface area contributed by atoms with Crippen LogP contribution in [-0.2, 0) is 42.8 Å². The SMILES string of the molecule is CC(=O)O[C@H]1CC[C@]2(C)[C@@H]3[C@@H](CC(=O)[C@H]2C1)[C@@H]1CC[C@@]2(OCOC24COCO4)[C@@]1(C)C[C@@H]3OC(C)=O. The predicted octanol–water partition coefficient (Wildman–Crippen LogP) is 3.13. The van der Waals surface area contributed by atoms with Crippen molar-refractivity contribution in [3.63, 3.8) is 0 Å². The molecule has 2 aliphatic heterocycles. The Balaban J connectivity index is 1.39. The summed E-state index contributed by atoms with van der Waals surface area (Å²) in [5.74, 6) is -1.25. The van der Waals surface area contributed by atoms with E-state index in [1.807, 2.05) is 0 Å². The number of fused-ring (bicyclic) bond motifs is 7. The molecule has 0 aromatic rings. The molecule has 200 valence electrons. The largest absolute Gasteiger partial charge is 0.463 e. The minimum Gasteiger partial charge on any atom is -0.463 e. The molecule has 6 rings (SSSR count). The minimum absolute atomic E-state index is 0.0506. The van der Waals surface area contributed by atoms with Gasteiger partial charge in [0.2, 0.25) is 5.79 Å². The van der Waals surface area contributed by atoms with Crippen LogP contribution < -0.4 is 0 Å². The highest BCUT2D eigenvalue weighted by Crippen LogP contribution is 2.72. The second kappa shape index (κ2) is 8.22. The summed E-state index contributed by atoms with van der Waals surface area (Å²) < 4.78 is 35.9. The van der Waals surface area contributed by atoms with E-state index >= 15 is 0 Å². The van der Waals surface area contributed by atoms with Crippen LogP contribution in [0.5, 0.6) is 0 Å². The van der Waals surface area contributed by atoms with Crippen molar-refractivity contribution in [1.29, 1.82) is 0 Å². The van der Waals surface area contributed by atoms with Crippen LogP contribution in [0.3, 0.4) is 0 Å². The van der Waals surface area contributed by atoms with Crippen molar-refractivity contribution in [3.05, 3.63) is 0 Å². The third-order valence-electron chi connectivity index (χ3n) is 11.0. The van der Waals surface area contributed by atoms with E-state index in [9.17, 15) is 14.4 Å². The molecule has 0 N–H and O–H groups in total. The number of ether oxygens (including phenoxy) is 6. The number of hydrogen-bond acceptors (Lipinski definition) is 9. The van der Waals surface area contributed by atoms with Gasteiger partial charge in [-0.25, -0.2) is 0 Å². The van der Waals surface area contributed by atoms with Gasteiger partial charge >= 0.3 is 11.9 Å². The first-order valence-electron chi connectivity index (χ1n) is 13.4. The normalized spacial score (nSPS) is 51.6. The number of hydrogen-bond donors (Lipinski definition) is 0. The summed E-state index contributed by atoms with van der Waals surface area (Å²) in [5, 5.41) is 0. The fourth-order valence-electron chi connectivity index (χ4n) is 9.74. The van der Waals surface area contributed by atoms with E-state index in [0.29, 0.717) is 32.3 Å². The summed E-state index contributed by atoms with van der Waals surface area (Å²) in [5.41, 5.74) is -1.47. The molecule has 4 aliphatic carbocycles. The monoisotopic (exact) mass is 506 g/mol. The maximum absolute atomic E-state index is 13.8. The van der Waals surface area contributed by atoms with Gasteiger partial charge in [0.1, 0.15) is 30.2 Å². The van der Waals surface area contributed by atoms with Gasteiger partial charge in [-0.15, -0.1) is 0 Å². The molecule has 36 heavy (non-hydrogen) atoms. The summed E-state index contributed by atoms with van der Waals surface area (Å²) in [4.78, 5) is 37.8. The average Bonchev–Trinajstić information content (AvgIpc) is 3.49. The summed E-state index contributed by atoms with van der Waals surface area (Å²) >= 11 is 0. The zero-order chi connectivity index (χ0) is 25.5. The molecule has 2 saturated heterocycles. The number of carbonyl (C=O) groups excluding carboxylic acids is 3. The standard InChI is InChI=1S/C27H38O9/c1-15(28)35-17-5-7-24(3)20(9-17)21(30)10-18-19-6-8-26(27(34-14-32-26)12-31-13-33-27)25(19,4)11-22(23(18)24)36-16(2)29/h17-20,22-23H,5-14H2,1-4H3/t17-,18-,19-,20+,22-,23+,24-,25-,26+,27?/m0/s1. The molecule has 0 aromatic carbocycles. The summed E-state index contributed by atoms with van der Waals surface area (Å²) in [6.45, 7) is 7.89. The van der Waals surface area contributed by atoms with Gasteiger partial charge in [-0.05, 0) is 55.8 Å². The lowest BCUT2D eigenvalue weighted by Gasteiger charge is -2.63.